The SMILES string of the molecule is O=S1(=O)CCCN1c1ccc(B(O)O)cc1. The zero-order chi connectivity index (χ0) is 11.8. The number of rotatable bonds is 2. The van der Waals surface area contributed by atoms with Gasteiger partial charge in [-0.2, -0.15) is 0 Å². The van der Waals surface area contributed by atoms with Crippen LogP contribution in [0.25, 0.3) is 0 Å². The molecule has 1 aliphatic heterocycles. The van der Waals surface area contributed by atoms with Crippen LogP contribution in [0.5, 0.6) is 0 Å². The molecule has 16 heavy (non-hydrogen) atoms. The van der Waals surface area contributed by atoms with E-state index < -0.39 is 17.1 Å². The molecule has 1 fully saturated rings. The minimum Gasteiger partial charge on any atom is -0.423 e. The van der Waals surface area contributed by atoms with Gasteiger partial charge < -0.3 is 10.0 Å². The minimum atomic E-state index is -3.16. The zero-order valence-electron chi connectivity index (χ0n) is 8.57. The fourth-order valence-electron chi connectivity index (χ4n) is 1.74. The van der Waals surface area contributed by atoms with E-state index >= 15 is 0 Å². The Morgan fingerprint density at radius 2 is 1.81 bits per heavy atom. The van der Waals surface area contributed by atoms with E-state index in [-0.39, 0.29) is 5.75 Å². The molecule has 1 aromatic rings. The van der Waals surface area contributed by atoms with Crippen molar-refractivity contribution in [2.75, 3.05) is 16.6 Å². The van der Waals surface area contributed by atoms with Crippen molar-refractivity contribution in [2.24, 2.45) is 0 Å². The molecule has 2 rings (SSSR count). The summed E-state index contributed by atoms with van der Waals surface area (Å²) < 4.78 is 24.6. The first kappa shape index (κ1) is 11.4. The molecule has 0 radical (unpaired) electrons. The highest BCUT2D eigenvalue weighted by Crippen LogP contribution is 2.22. The first-order valence-electron chi connectivity index (χ1n) is 4.97. The van der Waals surface area contributed by atoms with E-state index in [1.54, 1.807) is 12.1 Å². The van der Waals surface area contributed by atoms with Crippen molar-refractivity contribution in [3.8, 4) is 0 Å². The van der Waals surface area contributed by atoms with Gasteiger partial charge in [0.15, 0.2) is 0 Å². The van der Waals surface area contributed by atoms with Gasteiger partial charge in [0.05, 0.1) is 11.4 Å². The molecule has 0 aromatic heterocycles. The van der Waals surface area contributed by atoms with E-state index in [9.17, 15) is 8.42 Å². The number of anilines is 1. The monoisotopic (exact) mass is 241 g/mol. The van der Waals surface area contributed by atoms with Crippen molar-refractivity contribution in [2.45, 2.75) is 6.42 Å². The van der Waals surface area contributed by atoms with Crippen molar-refractivity contribution in [1.29, 1.82) is 0 Å². The van der Waals surface area contributed by atoms with E-state index in [0.717, 1.165) is 0 Å². The van der Waals surface area contributed by atoms with Gasteiger partial charge in [0, 0.05) is 6.54 Å². The lowest BCUT2D eigenvalue weighted by Crippen LogP contribution is -2.30. The Labute approximate surface area is 94.5 Å². The highest BCUT2D eigenvalue weighted by atomic mass is 32.2. The van der Waals surface area contributed by atoms with Gasteiger partial charge in [0.25, 0.3) is 0 Å². The Bertz CT molecular complexity index is 471. The zero-order valence-corrected chi connectivity index (χ0v) is 9.39. The van der Waals surface area contributed by atoms with Crippen LogP contribution in [0.2, 0.25) is 0 Å². The van der Waals surface area contributed by atoms with E-state index in [1.165, 1.54) is 16.4 Å². The molecule has 7 heteroatoms. The number of hydrogen-bond acceptors (Lipinski definition) is 4. The summed E-state index contributed by atoms with van der Waals surface area (Å²) >= 11 is 0. The van der Waals surface area contributed by atoms with Gasteiger partial charge in [-0.25, -0.2) is 8.42 Å². The molecule has 0 bridgehead atoms. The van der Waals surface area contributed by atoms with Gasteiger partial charge in [-0.05, 0) is 24.0 Å². The quantitative estimate of drug-likeness (QED) is 0.645. The van der Waals surface area contributed by atoms with Gasteiger partial charge in [-0.15, -0.1) is 0 Å². The van der Waals surface area contributed by atoms with Crippen LogP contribution in [0.4, 0.5) is 5.69 Å². The lowest BCUT2D eigenvalue weighted by molar-refractivity contribution is 0.426. The Hall–Kier alpha value is -1.05. The summed E-state index contributed by atoms with van der Waals surface area (Å²) in [5.41, 5.74) is 0.919. The molecule has 0 aliphatic carbocycles. The summed E-state index contributed by atoms with van der Waals surface area (Å²) in [5, 5.41) is 17.8. The van der Waals surface area contributed by atoms with Crippen LogP contribution >= 0.6 is 0 Å². The summed E-state index contributed by atoms with van der Waals surface area (Å²) in [4.78, 5) is 0. The highest BCUT2D eigenvalue weighted by Gasteiger charge is 2.28. The molecule has 0 amide bonds. The van der Waals surface area contributed by atoms with E-state index in [2.05, 4.69) is 0 Å². The van der Waals surface area contributed by atoms with Crippen LogP contribution in [-0.4, -0.2) is 37.9 Å². The van der Waals surface area contributed by atoms with Gasteiger partial charge >= 0.3 is 7.12 Å². The second kappa shape index (κ2) is 4.08. The summed E-state index contributed by atoms with van der Waals surface area (Å²) in [5.74, 6) is 0.178. The fraction of sp³-hybridized carbons (Fsp3) is 0.333. The summed E-state index contributed by atoms with van der Waals surface area (Å²) in [6.45, 7) is 0.489. The smallest absolute Gasteiger partial charge is 0.423 e. The maximum absolute atomic E-state index is 11.6. The van der Waals surface area contributed by atoms with Crippen molar-refractivity contribution < 1.29 is 18.5 Å². The third-order valence-corrected chi connectivity index (χ3v) is 4.45. The standard InChI is InChI=1S/C9H12BNO4S/c12-10(13)8-2-4-9(5-3-8)11-6-1-7-16(11,14)15/h2-5,12-13H,1,6-7H2. The molecule has 86 valence electrons. The lowest BCUT2D eigenvalue weighted by atomic mass is 9.80. The molecule has 5 nitrogen and oxygen atoms in total. The second-order valence-electron chi connectivity index (χ2n) is 3.71. The van der Waals surface area contributed by atoms with Crippen LogP contribution in [0.1, 0.15) is 6.42 Å². The van der Waals surface area contributed by atoms with Gasteiger partial charge in [-0.1, -0.05) is 12.1 Å². The molecule has 1 aliphatic rings. The molecule has 1 aromatic carbocycles. The predicted octanol–water partition coefficient (Wildman–Crippen LogP) is -1.09. The van der Waals surface area contributed by atoms with Gasteiger partial charge in [-0.3, -0.25) is 4.31 Å². The van der Waals surface area contributed by atoms with Crippen molar-refractivity contribution in [1.82, 2.24) is 0 Å². The fourth-order valence-corrected chi connectivity index (χ4v) is 3.31. The van der Waals surface area contributed by atoms with Gasteiger partial charge in [0.1, 0.15) is 0 Å². The Balaban J connectivity index is 2.29. The number of hydrogen-bond donors (Lipinski definition) is 2. The first-order chi connectivity index (χ1) is 7.50. The lowest BCUT2D eigenvalue weighted by Gasteiger charge is -2.16. The third kappa shape index (κ3) is 2.06. The number of nitrogens with zero attached hydrogens (tertiary/aromatic N) is 1. The average molecular weight is 241 g/mol. The van der Waals surface area contributed by atoms with Crippen LogP contribution < -0.4 is 9.77 Å². The summed E-state index contributed by atoms with van der Waals surface area (Å²) in [6, 6.07) is 6.18. The van der Waals surface area contributed by atoms with E-state index in [1.807, 2.05) is 0 Å². The molecular formula is C9H12BNO4S. The van der Waals surface area contributed by atoms with E-state index in [4.69, 9.17) is 10.0 Å². The Morgan fingerprint density at radius 3 is 2.25 bits per heavy atom. The molecular weight excluding hydrogens is 229 g/mol. The molecule has 1 heterocycles. The van der Waals surface area contributed by atoms with Crippen molar-refractivity contribution >= 4 is 28.3 Å². The van der Waals surface area contributed by atoms with Gasteiger partial charge in [0.2, 0.25) is 10.0 Å². The van der Waals surface area contributed by atoms with E-state index in [0.29, 0.717) is 24.1 Å². The van der Waals surface area contributed by atoms with Crippen molar-refractivity contribution in [3.05, 3.63) is 24.3 Å². The largest absolute Gasteiger partial charge is 0.488 e. The summed E-state index contributed by atoms with van der Waals surface area (Å²) in [7, 11) is -4.69. The maximum atomic E-state index is 11.6. The van der Waals surface area contributed by atoms with Crippen LogP contribution in [0.15, 0.2) is 24.3 Å². The maximum Gasteiger partial charge on any atom is 0.488 e. The molecule has 0 unspecified atom stereocenters. The first-order valence-corrected chi connectivity index (χ1v) is 6.58. The predicted molar refractivity (Wildman–Crippen MR) is 62.0 cm³/mol. The highest BCUT2D eigenvalue weighted by molar-refractivity contribution is 7.93. The summed E-state index contributed by atoms with van der Waals surface area (Å²) in [6.07, 6.45) is 0.632. The van der Waals surface area contributed by atoms with Crippen LogP contribution in [0, 0.1) is 0 Å². The topological polar surface area (TPSA) is 77.8 Å². The van der Waals surface area contributed by atoms with Crippen LogP contribution in [-0.2, 0) is 10.0 Å². The molecule has 2 N–H and O–H groups in total. The average Bonchev–Trinajstić information content (AvgIpc) is 2.58. The number of benzene rings is 1. The second-order valence-corrected chi connectivity index (χ2v) is 5.72. The third-order valence-electron chi connectivity index (χ3n) is 2.58. The van der Waals surface area contributed by atoms with Crippen LogP contribution in [0.3, 0.4) is 0 Å². The number of sulfonamides is 1. The minimum absolute atomic E-state index is 0.178. The Kier molecular flexibility index (Phi) is 2.92. The molecule has 1 saturated heterocycles. The molecule has 0 spiro atoms. The normalized spacial score (nSPS) is 18.8. The van der Waals surface area contributed by atoms with Crippen molar-refractivity contribution in [3.63, 3.8) is 0 Å². The molecule has 0 atom stereocenters. The molecule has 0 saturated carbocycles. The Morgan fingerprint density at radius 1 is 1.19 bits per heavy atom.